The van der Waals surface area contributed by atoms with Crippen molar-refractivity contribution in [2.45, 2.75) is 44.7 Å². The van der Waals surface area contributed by atoms with Crippen LogP contribution in [0.3, 0.4) is 0 Å². The van der Waals surface area contributed by atoms with Crippen molar-refractivity contribution in [1.82, 2.24) is 10.2 Å². The minimum Gasteiger partial charge on any atom is -0.467 e. The number of nitrogens with zero attached hydrogens (tertiary/aromatic N) is 1. The van der Waals surface area contributed by atoms with Gasteiger partial charge in [0.1, 0.15) is 5.76 Å². The first kappa shape index (κ1) is 19.0. The molecule has 1 aromatic heterocycles. The minimum atomic E-state index is -0.161. The van der Waals surface area contributed by atoms with E-state index in [0.29, 0.717) is 23.9 Å². The second-order valence-electron chi connectivity index (χ2n) is 6.99. The minimum absolute atomic E-state index is 0.0992. The van der Waals surface area contributed by atoms with Crippen molar-refractivity contribution >= 4 is 17.5 Å². The fourth-order valence-corrected chi connectivity index (χ4v) is 3.40. The maximum absolute atomic E-state index is 12.4. The first-order valence-corrected chi connectivity index (χ1v) is 9.53. The molecular weight excluding hydrogens is 342 g/mol. The Kier molecular flexibility index (Phi) is 6.52. The summed E-state index contributed by atoms with van der Waals surface area (Å²) in [5, 5.41) is 5.96. The normalized spacial score (nSPS) is 14.6. The van der Waals surface area contributed by atoms with Crippen molar-refractivity contribution in [2.24, 2.45) is 0 Å². The van der Waals surface area contributed by atoms with Gasteiger partial charge < -0.3 is 20.0 Å². The van der Waals surface area contributed by atoms with E-state index in [1.165, 1.54) is 19.3 Å². The molecule has 27 heavy (non-hydrogen) atoms. The van der Waals surface area contributed by atoms with Crippen LogP contribution in [0.4, 0.5) is 5.69 Å². The van der Waals surface area contributed by atoms with Crippen LogP contribution in [0.5, 0.6) is 0 Å². The number of benzene rings is 1. The molecule has 6 nitrogen and oxygen atoms in total. The lowest BCUT2D eigenvalue weighted by Crippen LogP contribution is -2.41. The highest BCUT2D eigenvalue weighted by Crippen LogP contribution is 2.21. The van der Waals surface area contributed by atoms with Gasteiger partial charge in [-0.2, -0.15) is 0 Å². The summed E-state index contributed by atoms with van der Waals surface area (Å²) in [6.07, 6.45) is 7.47. The highest BCUT2D eigenvalue weighted by Gasteiger charge is 2.21. The number of anilines is 1. The lowest BCUT2D eigenvalue weighted by Gasteiger charge is -2.31. The third-order valence-electron chi connectivity index (χ3n) is 5.11. The molecule has 1 aromatic carbocycles. The highest BCUT2D eigenvalue weighted by molar-refractivity contribution is 5.94. The quantitative estimate of drug-likeness (QED) is 0.784. The number of carbonyl (C=O) groups is 2. The SMILES string of the molecule is CN(C(=O)CNc1ccc(C(=O)NCc2ccco2)cc1)C1CCCCC1. The van der Waals surface area contributed by atoms with E-state index in [1.54, 1.807) is 24.5 Å². The van der Waals surface area contributed by atoms with E-state index in [9.17, 15) is 9.59 Å². The molecule has 2 amide bonds. The number of likely N-dealkylation sites (N-methyl/N-ethyl adjacent to an activating group) is 1. The summed E-state index contributed by atoms with van der Waals surface area (Å²) in [7, 11) is 1.90. The van der Waals surface area contributed by atoms with Gasteiger partial charge in [0.15, 0.2) is 0 Å². The van der Waals surface area contributed by atoms with E-state index in [-0.39, 0.29) is 18.4 Å². The first-order valence-electron chi connectivity index (χ1n) is 9.53. The van der Waals surface area contributed by atoms with Crippen LogP contribution in [0.1, 0.15) is 48.2 Å². The molecule has 0 aliphatic heterocycles. The molecule has 0 unspecified atom stereocenters. The van der Waals surface area contributed by atoms with Crippen LogP contribution in [0.25, 0.3) is 0 Å². The maximum Gasteiger partial charge on any atom is 0.251 e. The number of rotatable bonds is 7. The molecule has 1 saturated carbocycles. The molecule has 0 radical (unpaired) electrons. The van der Waals surface area contributed by atoms with Gasteiger partial charge in [0.05, 0.1) is 19.4 Å². The number of nitrogens with one attached hydrogen (secondary N) is 2. The van der Waals surface area contributed by atoms with E-state index in [2.05, 4.69) is 10.6 Å². The van der Waals surface area contributed by atoms with Crippen molar-refractivity contribution in [3.05, 3.63) is 54.0 Å². The van der Waals surface area contributed by atoms with E-state index in [1.807, 2.05) is 30.1 Å². The summed E-state index contributed by atoms with van der Waals surface area (Å²) in [5.41, 5.74) is 1.39. The summed E-state index contributed by atoms with van der Waals surface area (Å²) < 4.78 is 5.20. The highest BCUT2D eigenvalue weighted by atomic mass is 16.3. The van der Waals surface area contributed by atoms with Gasteiger partial charge in [0, 0.05) is 24.3 Å². The fourth-order valence-electron chi connectivity index (χ4n) is 3.40. The molecule has 0 saturated heterocycles. The molecule has 3 rings (SSSR count). The van der Waals surface area contributed by atoms with Crippen LogP contribution < -0.4 is 10.6 Å². The fraction of sp³-hybridized carbons (Fsp3) is 0.429. The van der Waals surface area contributed by atoms with Crippen molar-refractivity contribution in [3.63, 3.8) is 0 Å². The van der Waals surface area contributed by atoms with E-state index < -0.39 is 0 Å². The van der Waals surface area contributed by atoms with Crippen LogP contribution in [0.2, 0.25) is 0 Å². The Morgan fingerprint density at radius 1 is 1.11 bits per heavy atom. The van der Waals surface area contributed by atoms with Crippen LogP contribution in [0.15, 0.2) is 47.1 Å². The van der Waals surface area contributed by atoms with Crippen molar-refractivity contribution in [1.29, 1.82) is 0 Å². The predicted octanol–water partition coefficient (Wildman–Crippen LogP) is 3.41. The number of carbonyl (C=O) groups excluding carboxylic acids is 2. The van der Waals surface area contributed by atoms with Gasteiger partial charge in [0.25, 0.3) is 5.91 Å². The van der Waals surface area contributed by atoms with Gasteiger partial charge >= 0.3 is 0 Å². The molecule has 2 aromatic rings. The second kappa shape index (κ2) is 9.26. The Balaban J connectivity index is 1.45. The molecule has 144 valence electrons. The summed E-state index contributed by atoms with van der Waals surface area (Å²) in [6.45, 7) is 0.616. The third kappa shape index (κ3) is 5.36. The standard InChI is InChI=1S/C21H27N3O3/c1-24(18-6-3-2-4-7-18)20(25)15-22-17-11-9-16(10-12-17)21(26)23-14-19-8-5-13-27-19/h5,8-13,18,22H,2-4,6-7,14-15H2,1H3,(H,23,26). The van der Waals surface area contributed by atoms with E-state index in [4.69, 9.17) is 4.42 Å². The average Bonchev–Trinajstić information content (AvgIpc) is 3.24. The van der Waals surface area contributed by atoms with Gasteiger partial charge in [-0.1, -0.05) is 19.3 Å². The van der Waals surface area contributed by atoms with Crippen LogP contribution in [-0.2, 0) is 11.3 Å². The molecule has 6 heteroatoms. The predicted molar refractivity (Wildman–Crippen MR) is 104 cm³/mol. The molecule has 0 spiro atoms. The van der Waals surface area contributed by atoms with E-state index in [0.717, 1.165) is 18.5 Å². The summed E-state index contributed by atoms with van der Waals surface area (Å²) in [5.74, 6) is 0.649. The van der Waals surface area contributed by atoms with Gasteiger partial charge in [-0.05, 0) is 49.2 Å². The Labute approximate surface area is 159 Å². The van der Waals surface area contributed by atoms with Gasteiger partial charge in [-0.25, -0.2) is 0 Å². The number of hydrogen-bond donors (Lipinski definition) is 2. The van der Waals surface area contributed by atoms with E-state index >= 15 is 0 Å². The Bertz CT molecular complexity index is 735. The molecule has 2 N–H and O–H groups in total. The van der Waals surface area contributed by atoms with Crippen LogP contribution in [0, 0.1) is 0 Å². The number of furan rings is 1. The van der Waals surface area contributed by atoms with Crippen LogP contribution in [-0.4, -0.2) is 36.3 Å². The summed E-state index contributed by atoms with van der Waals surface area (Å²) >= 11 is 0. The average molecular weight is 369 g/mol. The second-order valence-corrected chi connectivity index (χ2v) is 6.99. The Hall–Kier alpha value is -2.76. The largest absolute Gasteiger partial charge is 0.467 e. The third-order valence-corrected chi connectivity index (χ3v) is 5.11. The zero-order valence-corrected chi connectivity index (χ0v) is 15.7. The molecule has 1 aliphatic carbocycles. The molecular formula is C21H27N3O3. The topological polar surface area (TPSA) is 74.6 Å². The summed E-state index contributed by atoms with van der Waals surface area (Å²) in [6, 6.07) is 11.1. The van der Waals surface area contributed by atoms with Crippen molar-refractivity contribution < 1.29 is 14.0 Å². The lowest BCUT2D eigenvalue weighted by molar-refractivity contribution is -0.130. The Morgan fingerprint density at radius 2 is 1.85 bits per heavy atom. The Morgan fingerprint density at radius 3 is 2.52 bits per heavy atom. The zero-order chi connectivity index (χ0) is 19.1. The van der Waals surface area contributed by atoms with Crippen LogP contribution >= 0.6 is 0 Å². The molecule has 0 atom stereocenters. The lowest BCUT2D eigenvalue weighted by atomic mass is 9.94. The maximum atomic E-state index is 12.4. The first-order chi connectivity index (χ1) is 13.1. The number of amides is 2. The molecule has 0 bridgehead atoms. The summed E-state index contributed by atoms with van der Waals surface area (Å²) in [4.78, 5) is 26.4. The number of hydrogen-bond acceptors (Lipinski definition) is 4. The van der Waals surface area contributed by atoms with Gasteiger partial charge in [-0.15, -0.1) is 0 Å². The smallest absolute Gasteiger partial charge is 0.251 e. The zero-order valence-electron chi connectivity index (χ0n) is 15.7. The monoisotopic (exact) mass is 369 g/mol. The van der Waals surface area contributed by atoms with Crippen molar-refractivity contribution in [2.75, 3.05) is 18.9 Å². The van der Waals surface area contributed by atoms with Gasteiger partial charge in [0.2, 0.25) is 5.91 Å². The molecule has 1 fully saturated rings. The van der Waals surface area contributed by atoms with Crippen molar-refractivity contribution in [3.8, 4) is 0 Å². The molecule has 1 aliphatic rings. The molecule has 1 heterocycles. The van der Waals surface area contributed by atoms with Gasteiger partial charge in [-0.3, -0.25) is 9.59 Å².